The molecule has 42 heavy (non-hydrogen) atoms. The van der Waals surface area contributed by atoms with Crippen molar-refractivity contribution in [3.63, 3.8) is 0 Å². The highest BCUT2D eigenvalue weighted by molar-refractivity contribution is 7.92. The predicted octanol–water partition coefficient (Wildman–Crippen LogP) is 5.54. The van der Waals surface area contributed by atoms with Crippen LogP contribution in [0.1, 0.15) is 55.9 Å². The summed E-state index contributed by atoms with van der Waals surface area (Å²) in [6.45, 7) is 11.0. The van der Waals surface area contributed by atoms with E-state index in [2.05, 4.69) is 5.32 Å². The Balaban J connectivity index is 2.09. The number of rotatable bonds is 13. The fourth-order valence-electron chi connectivity index (χ4n) is 4.72. The van der Waals surface area contributed by atoms with Gasteiger partial charge in [-0.2, -0.15) is 0 Å². The maximum atomic E-state index is 14.2. The molecule has 2 atom stereocenters. The van der Waals surface area contributed by atoms with Crippen LogP contribution < -0.4 is 14.4 Å². The number of carbonyl (C=O) groups excluding carboxylic acids is 2. The lowest BCUT2D eigenvalue weighted by Crippen LogP contribution is -2.53. The largest absolute Gasteiger partial charge is 0.497 e. The summed E-state index contributed by atoms with van der Waals surface area (Å²) in [6.07, 6.45) is 1.10. The van der Waals surface area contributed by atoms with Crippen molar-refractivity contribution in [1.29, 1.82) is 0 Å². The van der Waals surface area contributed by atoms with Gasteiger partial charge >= 0.3 is 0 Å². The van der Waals surface area contributed by atoms with Crippen LogP contribution in [0, 0.1) is 20.8 Å². The molecule has 226 valence electrons. The van der Waals surface area contributed by atoms with E-state index in [1.165, 1.54) is 4.90 Å². The van der Waals surface area contributed by atoms with Crippen molar-refractivity contribution in [1.82, 2.24) is 10.2 Å². The lowest BCUT2D eigenvalue weighted by Gasteiger charge is -2.34. The zero-order valence-electron chi connectivity index (χ0n) is 25.7. The maximum Gasteiger partial charge on any atom is 0.264 e. The number of amides is 2. The molecular weight excluding hydrogens is 550 g/mol. The number of sulfonamides is 1. The molecule has 0 heterocycles. The lowest BCUT2D eigenvalue weighted by molar-refractivity contribution is -0.140. The van der Waals surface area contributed by atoms with Crippen molar-refractivity contribution in [3.05, 3.63) is 89.0 Å². The summed E-state index contributed by atoms with van der Waals surface area (Å²) in [5.41, 5.74) is 3.83. The van der Waals surface area contributed by atoms with E-state index in [1.54, 1.807) is 49.6 Å². The molecule has 3 aromatic carbocycles. The minimum atomic E-state index is -4.12. The third-order valence-electron chi connectivity index (χ3n) is 7.41. The molecular formula is C33H43N3O5S. The second-order valence-corrected chi connectivity index (χ2v) is 12.6. The smallest absolute Gasteiger partial charge is 0.264 e. The van der Waals surface area contributed by atoms with Crippen molar-refractivity contribution < 1.29 is 22.7 Å². The summed E-state index contributed by atoms with van der Waals surface area (Å²) in [5.74, 6) is -0.0794. The second kappa shape index (κ2) is 14.4. The topological polar surface area (TPSA) is 96.0 Å². The molecule has 0 bridgehead atoms. The van der Waals surface area contributed by atoms with E-state index in [0.717, 1.165) is 33.0 Å². The number of benzene rings is 3. The molecule has 0 aliphatic heterocycles. The van der Waals surface area contributed by atoms with E-state index in [1.807, 2.05) is 65.8 Å². The van der Waals surface area contributed by atoms with Crippen LogP contribution in [0.15, 0.2) is 71.6 Å². The molecule has 3 rings (SSSR count). The van der Waals surface area contributed by atoms with Crippen molar-refractivity contribution in [2.75, 3.05) is 18.0 Å². The van der Waals surface area contributed by atoms with Gasteiger partial charge in [-0.05, 0) is 82.0 Å². The van der Waals surface area contributed by atoms with E-state index in [-0.39, 0.29) is 23.4 Å². The second-order valence-electron chi connectivity index (χ2n) is 10.7. The van der Waals surface area contributed by atoms with Gasteiger partial charge in [0, 0.05) is 12.6 Å². The van der Waals surface area contributed by atoms with Crippen LogP contribution in [-0.2, 0) is 26.2 Å². The summed E-state index contributed by atoms with van der Waals surface area (Å²) < 4.78 is 34.6. The normalized spacial score (nSPS) is 12.7. The number of carbonyl (C=O) groups is 2. The van der Waals surface area contributed by atoms with Gasteiger partial charge in [0.1, 0.15) is 18.3 Å². The van der Waals surface area contributed by atoms with Gasteiger partial charge in [-0.15, -0.1) is 0 Å². The lowest BCUT2D eigenvalue weighted by atomic mass is 10.1. The first-order chi connectivity index (χ1) is 19.9. The molecule has 0 unspecified atom stereocenters. The standard InChI is InChI=1S/C33H43N3O5S/c1-8-26(6)34-33(38)30(9-2)35(21-27-13-15-28(41-7)16-14-27)32(37)22-36(31-19-12-24(4)20-25(31)5)42(39,40)29-17-10-23(3)11-18-29/h10-20,26,30H,8-9,21-22H2,1-7H3,(H,34,38)/t26-,30-/m1/s1. The number of methoxy groups -OCH3 is 1. The molecule has 3 aromatic rings. The zero-order valence-corrected chi connectivity index (χ0v) is 26.5. The molecule has 0 radical (unpaired) electrons. The molecule has 9 heteroatoms. The van der Waals surface area contributed by atoms with E-state index >= 15 is 0 Å². The summed E-state index contributed by atoms with van der Waals surface area (Å²) in [5, 5.41) is 3.00. The Morgan fingerprint density at radius 1 is 0.881 bits per heavy atom. The minimum absolute atomic E-state index is 0.0712. The van der Waals surface area contributed by atoms with Crippen molar-refractivity contribution >= 4 is 27.5 Å². The Labute approximate surface area is 250 Å². The number of hydrogen-bond donors (Lipinski definition) is 1. The van der Waals surface area contributed by atoms with Crippen LogP contribution >= 0.6 is 0 Å². The fraction of sp³-hybridized carbons (Fsp3) is 0.394. The zero-order chi connectivity index (χ0) is 31.0. The highest BCUT2D eigenvalue weighted by atomic mass is 32.2. The van der Waals surface area contributed by atoms with Crippen molar-refractivity contribution in [2.45, 2.75) is 77.9 Å². The molecule has 2 amide bonds. The molecule has 0 saturated heterocycles. The number of aryl methyl sites for hydroxylation is 3. The van der Waals surface area contributed by atoms with Crippen molar-refractivity contribution in [2.24, 2.45) is 0 Å². The Morgan fingerprint density at radius 2 is 1.50 bits per heavy atom. The molecule has 0 aromatic heterocycles. The Hall–Kier alpha value is -3.85. The van der Waals surface area contributed by atoms with Gasteiger partial charge in [0.25, 0.3) is 10.0 Å². The number of nitrogens with one attached hydrogen (secondary N) is 1. The van der Waals surface area contributed by atoms with Crippen LogP contribution in [0.2, 0.25) is 0 Å². The summed E-state index contributed by atoms with van der Waals surface area (Å²) >= 11 is 0. The van der Waals surface area contributed by atoms with E-state index in [4.69, 9.17) is 4.74 Å². The van der Waals surface area contributed by atoms with Gasteiger partial charge in [-0.1, -0.05) is 61.4 Å². The SMILES string of the molecule is CC[C@@H](C)NC(=O)[C@@H](CC)N(Cc1ccc(OC)cc1)C(=O)CN(c1ccc(C)cc1C)S(=O)(=O)c1ccc(C)cc1. The van der Waals surface area contributed by atoms with Crippen LogP contribution in [0.5, 0.6) is 5.75 Å². The van der Waals surface area contributed by atoms with Gasteiger partial charge in [0.15, 0.2) is 0 Å². The Kier molecular flexibility index (Phi) is 11.2. The predicted molar refractivity (Wildman–Crippen MR) is 167 cm³/mol. The number of anilines is 1. The van der Waals surface area contributed by atoms with Gasteiger partial charge in [-0.25, -0.2) is 8.42 Å². The first-order valence-corrected chi connectivity index (χ1v) is 15.7. The first-order valence-electron chi connectivity index (χ1n) is 14.3. The van der Waals surface area contributed by atoms with Crippen LogP contribution in [0.25, 0.3) is 0 Å². The van der Waals surface area contributed by atoms with E-state index in [9.17, 15) is 18.0 Å². The highest BCUT2D eigenvalue weighted by Crippen LogP contribution is 2.29. The van der Waals surface area contributed by atoms with E-state index < -0.39 is 28.5 Å². The summed E-state index contributed by atoms with van der Waals surface area (Å²) in [6, 6.07) is 18.4. The highest BCUT2D eigenvalue weighted by Gasteiger charge is 2.34. The quantitative estimate of drug-likeness (QED) is 0.281. The van der Waals surface area contributed by atoms with E-state index in [0.29, 0.717) is 17.9 Å². The van der Waals surface area contributed by atoms with Gasteiger partial charge in [0.2, 0.25) is 11.8 Å². The third-order valence-corrected chi connectivity index (χ3v) is 9.18. The van der Waals surface area contributed by atoms with Crippen LogP contribution in [0.3, 0.4) is 0 Å². The third kappa shape index (κ3) is 7.91. The van der Waals surface area contributed by atoms with Gasteiger partial charge in [-0.3, -0.25) is 13.9 Å². The molecule has 0 saturated carbocycles. The van der Waals surface area contributed by atoms with Gasteiger partial charge < -0.3 is 15.0 Å². The number of nitrogens with zero attached hydrogens (tertiary/aromatic N) is 2. The number of hydrogen-bond acceptors (Lipinski definition) is 5. The summed E-state index contributed by atoms with van der Waals surface area (Å²) in [7, 11) is -2.55. The molecule has 0 fully saturated rings. The molecule has 8 nitrogen and oxygen atoms in total. The average Bonchev–Trinajstić information content (AvgIpc) is 2.96. The minimum Gasteiger partial charge on any atom is -0.497 e. The monoisotopic (exact) mass is 593 g/mol. The van der Waals surface area contributed by atoms with Gasteiger partial charge in [0.05, 0.1) is 17.7 Å². The Bertz CT molecular complexity index is 1470. The summed E-state index contributed by atoms with van der Waals surface area (Å²) in [4.78, 5) is 29.2. The Morgan fingerprint density at radius 3 is 2.05 bits per heavy atom. The van der Waals surface area contributed by atoms with Crippen LogP contribution in [-0.4, -0.2) is 50.9 Å². The van der Waals surface area contributed by atoms with Crippen molar-refractivity contribution in [3.8, 4) is 5.75 Å². The fourth-order valence-corrected chi connectivity index (χ4v) is 6.20. The molecule has 0 spiro atoms. The molecule has 0 aliphatic rings. The number of ether oxygens (including phenoxy) is 1. The molecule has 1 N–H and O–H groups in total. The average molecular weight is 594 g/mol. The molecule has 0 aliphatic carbocycles. The first kappa shape index (κ1) is 32.7. The maximum absolute atomic E-state index is 14.2. The van der Waals surface area contributed by atoms with Crippen LogP contribution in [0.4, 0.5) is 5.69 Å².